The van der Waals surface area contributed by atoms with Gasteiger partial charge in [-0.2, -0.15) is 0 Å². The number of amides is 1. The zero-order chi connectivity index (χ0) is 16.1. The molecule has 0 bridgehead atoms. The minimum absolute atomic E-state index is 0.142. The number of nitrogens with one attached hydrogen (secondary N) is 1. The van der Waals surface area contributed by atoms with Crippen LogP contribution in [0.3, 0.4) is 0 Å². The van der Waals surface area contributed by atoms with Gasteiger partial charge in [-0.05, 0) is 25.1 Å². The molecule has 0 aliphatic carbocycles. The zero-order valence-corrected chi connectivity index (χ0v) is 13.0. The normalized spacial score (nSPS) is 10.1. The number of anilines is 1. The van der Waals surface area contributed by atoms with E-state index in [1.807, 2.05) is 0 Å². The molecular formula is C14H11Cl2N3O3. The lowest BCUT2D eigenvalue weighted by molar-refractivity contribution is 0.0515. The number of ether oxygens (including phenoxy) is 1. The Morgan fingerprint density at radius 3 is 2.27 bits per heavy atom. The quantitative estimate of drug-likeness (QED) is 0.865. The van der Waals surface area contributed by atoms with Crippen molar-refractivity contribution in [2.45, 2.75) is 6.92 Å². The van der Waals surface area contributed by atoms with Crippen LogP contribution in [0.5, 0.6) is 0 Å². The highest BCUT2D eigenvalue weighted by Crippen LogP contribution is 2.23. The van der Waals surface area contributed by atoms with Gasteiger partial charge in [0.05, 0.1) is 6.61 Å². The highest BCUT2D eigenvalue weighted by atomic mass is 35.5. The molecule has 1 aromatic heterocycles. The van der Waals surface area contributed by atoms with Crippen LogP contribution in [0.25, 0.3) is 0 Å². The summed E-state index contributed by atoms with van der Waals surface area (Å²) < 4.78 is 4.84. The van der Waals surface area contributed by atoms with Gasteiger partial charge in [0.2, 0.25) is 0 Å². The lowest BCUT2D eigenvalue weighted by atomic mass is 10.2. The van der Waals surface area contributed by atoms with E-state index < -0.39 is 11.9 Å². The van der Waals surface area contributed by atoms with E-state index in [4.69, 9.17) is 27.9 Å². The van der Waals surface area contributed by atoms with E-state index in [1.54, 1.807) is 6.92 Å². The third kappa shape index (κ3) is 3.93. The van der Waals surface area contributed by atoms with Crippen LogP contribution < -0.4 is 5.32 Å². The van der Waals surface area contributed by atoms with E-state index in [0.717, 1.165) is 0 Å². The summed E-state index contributed by atoms with van der Waals surface area (Å²) in [7, 11) is 0. The monoisotopic (exact) mass is 339 g/mol. The summed E-state index contributed by atoms with van der Waals surface area (Å²) in [5.74, 6) is -1.33. The molecule has 0 aliphatic heterocycles. The van der Waals surface area contributed by atoms with E-state index in [2.05, 4.69) is 15.3 Å². The van der Waals surface area contributed by atoms with Crippen molar-refractivity contribution in [3.8, 4) is 0 Å². The Balaban J connectivity index is 2.28. The van der Waals surface area contributed by atoms with E-state index in [1.165, 1.54) is 30.6 Å². The Hall–Kier alpha value is -2.18. The van der Waals surface area contributed by atoms with Crippen molar-refractivity contribution in [3.05, 3.63) is 52.0 Å². The molecule has 114 valence electrons. The number of hydrogen-bond donors (Lipinski definition) is 1. The number of nitrogens with zero attached hydrogens (tertiary/aromatic N) is 2. The van der Waals surface area contributed by atoms with Crippen LogP contribution in [-0.2, 0) is 4.74 Å². The molecule has 0 fully saturated rings. The fraction of sp³-hybridized carbons (Fsp3) is 0.143. The summed E-state index contributed by atoms with van der Waals surface area (Å²) in [5.41, 5.74) is 0.0787. The van der Waals surface area contributed by atoms with Crippen LogP contribution in [0.1, 0.15) is 27.9 Å². The van der Waals surface area contributed by atoms with Gasteiger partial charge >= 0.3 is 5.97 Å². The van der Waals surface area contributed by atoms with Crippen molar-refractivity contribution in [2.75, 3.05) is 11.9 Å². The predicted octanol–water partition coefficient (Wildman–Crippen LogP) is 3.21. The molecule has 8 heteroatoms. The van der Waals surface area contributed by atoms with Gasteiger partial charge in [0.25, 0.3) is 5.91 Å². The molecule has 1 N–H and O–H groups in total. The summed E-state index contributed by atoms with van der Waals surface area (Å²) in [6.45, 7) is 1.82. The Morgan fingerprint density at radius 2 is 1.68 bits per heavy atom. The van der Waals surface area contributed by atoms with Gasteiger partial charge in [-0.3, -0.25) is 4.79 Å². The fourth-order valence-electron chi connectivity index (χ4n) is 1.67. The van der Waals surface area contributed by atoms with Crippen molar-refractivity contribution in [1.82, 2.24) is 9.97 Å². The Bertz CT molecular complexity index is 702. The summed E-state index contributed by atoms with van der Waals surface area (Å²) in [6.07, 6.45) is 2.61. The molecule has 6 nitrogen and oxygen atoms in total. The molecule has 22 heavy (non-hydrogen) atoms. The van der Waals surface area contributed by atoms with Gasteiger partial charge in [-0.25, -0.2) is 14.8 Å². The van der Waals surface area contributed by atoms with Gasteiger partial charge in [-0.1, -0.05) is 23.2 Å². The first-order valence-electron chi connectivity index (χ1n) is 6.27. The molecular weight excluding hydrogens is 329 g/mol. The molecule has 1 heterocycles. The minimum Gasteiger partial charge on any atom is -0.461 e. The molecule has 0 spiro atoms. The fourth-order valence-corrected chi connectivity index (χ4v) is 2.20. The lowest BCUT2D eigenvalue weighted by Gasteiger charge is -2.08. The minimum atomic E-state index is -0.718. The second-order valence-corrected chi connectivity index (χ2v) is 4.96. The maximum Gasteiger partial charge on any atom is 0.359 e. The second-order valence-electron chi connectivity index (χ2n) is 4.09. The second kappa shape index (κ2) is 7.20. The average molecular weight is 340 g/mol. The number of carbonyl (C=O) groups is 2. The maximum atomic E-state index is 12.3. The molecule has 0 saturated carbocycles. The van der Waals surface area contributed by atoms with E-state index in [-0.39, 0.29) is 18.0 Å². The Labute approximate surface area is 136 Å². The first-order valence-corrected chi connectivity index (χ1v) is 7.02. The lowest BCUT2D eigenvalue weighted by Crippen LogP contribution is -2.20. The van der Waals surface area contributed by atoms with Crippen LogP contribution in [0.2, 0.25) is 10.0 Å². The molecule has 2 aromatic rings. The van der Waals surface area contributed by atoms with E-state index in [0.29, 0.717) is 15.7 Å². The number of carbonyl (C=O) groups excluding carboxylic acids is 2. The highest BCUT2D eigenvalue weighted by Gasteiger charge is 2.21. The van der Waals surface area contributed by atoms with Crippen molar-refractivity contribution in [3.63, 3.8) is 0 Å². The zero-order valence-electron chi connectivity index (χ0n) is 11.5. The number of halogens is 2. The van der Waals surface area contributed by atoms with Gasteiger partial charge in [0.15, 0.2) is 11.4 Å². The molecule has 0 aliphatic rings. The number of aromatic nitrogens is 2. The van der Waals surface area contributed by atoms with Crippen LogP contribution in [0, 0.1) is 0 Å². The van der Waals surface area contributed by atoms with Gasteiger partial charge in [-0.15, -0.1) is 0 Å². The third-order valence-corrected chi connectivity index (χ3v) is 2.94. The number of rotatable bonds is 4. The van der Waals surface area contributed by atoms with Gasteiger partial charge in [0.1, 0.15) is 0 Å². The first-order chi connectivity index (χ1) is 10.5. The van der Waals surface area contributed by atoms with Crippen LogP contribution in [0.15, 0.2) is 30.6 Å². The van der Waals surface area contributed by atoms with E-state index >= 15 is 0 Å². The average Bonchev–Trinajstić information content (AvgIpc) is 2.46. The van der Waals surface area contributed by atoms with Crippen molar-refractivity contribution in [2.24, 2.45) is 0 Å². The topological polar surface area (TPSA) is 81.2 Å². The van der Waals surface area contributed by atoms with Crippen LogP contribution in [-0.4, -0.2) is 28.5 Å². The maximum absolute atomic E-state index is 12.3. The number of benzene rings is 1. The van der Waals surface area contributed by atoms with Gasteiger partial charge in [0, 0.05) is 28.1 Å². The molecule has 0 atom stereocenters. The highest BCUT2D eigenvalue weighted by molar-refractivity contribution is 6.35. The van der Waals surface area contributed by atoms with Crippen LogP contribution >= 0.6 is 23.2 Å². The molecule has 0 radical (unpaired) electrons. The van der Waals surface area contributed by atoms with Crippen molar-refractivity contribution in [1.29, 1.82) is 0 Å². The summed E-state index contributed by atoms with van der Waals surface area (Å²) in [6, 6.07) is 4.57. The standard InChI is InChI=1S/C14H11Cl2N3O3/c1-2-22-14(21)12-11(17-3-4-18-12)13(20)19-10-6-8(15)5-9(16)7-10/h3-7H,2H2,1H3,(H,19,20). The van der Waals surface area contributed by atoms with Crippen molar-refractivity contribution >= 4 is 40.8 Å². The summed E-state index contributed by atoms with van der Waals surface area (Å²) >= 11 is 11.7. The van der Waals surface area contributed by atoms with Crippen molar-refractivity contribution < 1.29 is 14.3 Å². The molecule has 1 amide bonds. The SMILES string of the molecule is CCOC(=O)c1nccnc1C(=O)Nc1cc(Cl)cc(Cl)c1. The van der Waals surface area contributed by atoms with Crippen LogP contribution in [0.4, 0.5) is 5.69 Å². The molecule has 0 saturated heterocycles. The van der Waals surface area contributed by atoms with Gasteiger partial charge < -0.3 is 10.1 Å². The summed E-state index contributed by atoms with van der Waals surface area (Å²) in [4.78, 5) is 31.8. The predicted molar refractivity (Wildman–Crippen MR) is 82.4 cm³/mol. The first kappa shape index (κ1) is 16.2. The Morgan fingerprint density at radius 1 is 1.09 bits per heavy atom. The molecule has 1 aromatic carbocycles. The third-order valence-electron chi connectivity index (χ3n) is 2.50. The molecule has 0 unspecified atom stereocenters. The summed E-state index contributed by atoms with van der Waals surface area (Å²) in [5, 5.41) is 3.30. The number of esters is 1. The molecule has 2 rings (SSSR count). The number of hydrogen-bond acceptors (Lipinski definition) is 5. The largest absolute Gasteiger partial charge is 0.461 e. The smallest absolute Gasteiger partial charge is 0.359 e. The Kier molecular flexibility index (Phi) is 5.30. The van der Waals surface area contributed by atoms with E-state index in [9.17, 15) is 9.59 Å².